The lowest BCUT2D eigenvalue weighted by Crippen LogP contribution is -2.05. The average Bonchev–Trinajstić information content (AvgIpc) is 2.52. The van der Waals surface area contributed by atoms with Crippen molar-refractivity contribution in [3.05, 3.63) is 0 Å². The highest BCUT2D eigenvalue weighted by Gasteiger charge is 2.01. The lowest BCUT2D eigenvalue weighted by molar-refractivity contribution is -0.143. The molecular formula is C19H37BrO2. The number of esters is 1. The van der Waals surface area contributed by atoms with Crippen LogP contribution in [0.1, 0.15) is 103 Å². The second-order valence-corrected chi connectivity index (χ2v) is 7.05. The van der Waals surface area contributed by atoms with E-state index in [2.05, 4.69) is 22.9 Å². The largest absolute Gasteiger partial charge is 0.466 e. The van der Waals surface area contributed by atoms with Crippen LogP contribution in [0.5, 0.6) is 0 Å². The van der Waals surface area contributed by atoms with Crippen LogP contribution in [0.3, 0.4) is 0 Å². The van der Waals surface area contributed by atoms with Crippen molar-refractivity contribution in [3.63, 3.8) is 0 Å². The van der Waals surface area contributed by atoms with Gasteiger partial charge in [0, 0.05) is 11.8 Å². The van der Waals surface area contributed by atoms with Crippen molar-refractivity contribution in [2.45, 2.75) is 103 Å². The Morgan fingerprint density at radius 3 is 1.64 bits per heavy atom. The topological polar surface area (TPSA) is 26.3 Å². The monoisotopic (exact) mass is 376 g/mol. The van der Waals surface area contributed by atoms with Crippen LogP contribution in [-0.4, -0.2) is 17.9 Å². The van der Waals surface area contributed by atoms with Gasteiger partial charge in [-0.15, -0.1) is 0 Å². The molecular weight excluding hydrogens is 340 g/mol. The minimum atomic E-state index is -0.0241. The Morgan fingerprint density at radius 2 is 1.18 bits per heavy atom. The summed E-state index contributed by atoms with van der Waals surface area (Å²) in [6, 6.07) is 0. The molecule has 0 aromatic heterocycles. The predicted molar refractivity (Wildman–Crippen MR) is 99.7 cm³/mol. The summed E-state index contributed by atoms with van der Waals surface area (Å²) < 4.78 is 5.12. The molecule has 0 spiro atoms. The van der Waals surface area contributed by atoms with Gasteiger partial charge in [-0.25, -0.2) is 0 Å². The third-order valence-electron chi connectivity index (χ3n) is 4.03. The van der Waals surface area contributed by atoms with Gasteiger partial charge in [-0.2, -0.15) is 0 Å². The van der Waals surface area contributed by atoms with Gasteiger partial charge in [-0.3, -0.25) is 4.79 Å². The van der Waals surface area contributed by atoms with Crippen LogP contribution in [0.2, 0.25) is 0 Å². The molecule has 0 saturated heterocycles. The van der Waals surface area contributed by atoms with E-state index < -0.39 is 0 Å². The summed E-state index contributed by atoms with van der Waals surface area (Å²) in [5.74, 6) is -0.0241. The normalized spacial score (nSPS) is 10.8. The fourth-order valence-electron chi connectivity index (χ4n) is 2.60. The minimum absolute atomic E-state index is 0.0241. The van der Waals surface area contributed by atoms with Crippen LogP contribution in [0.4, 0.5) is 0 Å². The van der Waals surface area contributed by atoms with E-state index in [9.17, 15) is 4.79 Å². The highest BCUT2D eigenvalue weighted by atomic mass is 79.9. The maximum absolute atomic E-state index is 11.4. The van der Waals surface area contributed by atoms with Crippen LogP contribution in [0, 0.1) is 0 Å². The van der Waals surface area contributed by atoms with Crippen LogP contribution in [-0.2, 0) is 9.53 Å². The van der Waals surface area contributed by atoms with Gasteiger partial charge < -0.3 is 4.74 Å². The van der Waals surface area contributed by atoms with E-state index in [0.29, 0.717) is 13.0 Å². The summed E-state index contributed by atoms with van der Waals surface area (Å²) >= 11 is 3.33. The molecule has 3 heteroatoms. The quantitative estimate of drug-likeness (QED) is 0.158. The Labute approximate surface area is 146 Å². The highest BCUT2D eigenvalue weighted by Crippen LogP contribution is 2.13. The first-order chi connectivity index (χ1) is 10.8. The van der Waals surface area contributed by atoms with Crippen molar-refractivity contribution in [1.82, 2.24) is 0 Å². The Hall–Kier alpha value is -0.0500. The summed E-state index contributed by atoms with van der Waals surface area (Å²) in [5.41, 5.74) is 0. The third-order valence-corrected chi connectivity index (χ3v) is 4.59. The van der Waals surface area contributed by atoms with Crippen LogP contribution in [0.25, 0.3) is 0 Å². The summed E-state index contributed by atoms with van der Waals surface area (Å²) in [7, 11) is 0. The lowest BCUT2D eigenvalue weighted by atomic mass is 10.0. The summed E-state index contributed by atoms with van der Waals surface area (Å²) in [5, 5.41) is 0.902. The number of carbonyl (C=O) groups excluding carboxylic acids is 1. The van der Waals surface area contributed by atoms with Gasteiger partial charge in [0.15, 0.2) is 0 Å². The highest BCUT2D eigenvalue weighted by molar-refractivity contribution is 9.09. The van der Waals surface area contributed by atoms with Crippen molar-refractivity contribution in [2.24, 2.45) is 0 Å². The Bertz CT molecular complexity index is 231. The van der Waals surface area contributed by atoms with Gasteiger partial charge in [0.1, 0.15) is 0 Å². The molecule has 0 fully saturated rings. The maximum atomic E-state index is 11.4. The molecule has 0 aliphatic heterocycles. The number of alkyl halides is 1. The second kappa shape index (κ2) is 19.0. The molecule has 0 aliphatic carbocycles. The number of rotatable bonds is 17. The molecule has 22 heavy (non-hydrogen) atoms. The van der Waals surface area contributed by atoms with Gasteiger partial charge in [-0.1, -0.05) is 99.9 Å². The number of carbonyl (C=O) groups is 1. The van der Waals surface area contributed by atoms with Crippen molar-refractivity contribution in [2.75, 3.05) is 11.9 Å². The average molecular weight is 377 g/mol. The lowest BCUT2D eigenvalue weighted by Gasteiger charge is -2.04. The standard InChI is InChI=1S/C19H37BrO2/c1-2-3-4-5-6-7-8-9-10-11-12-13-14-16-19(21)22-18-15-17-20/h2-18H2,1H3. The van der Waals surface area contributed by atoms with Crippen molar-refractivity contribution < 1.29 is 9.53 Å². The molecule has 0 atom stereocenters. The van der Waals surface area contributed by atoms with E-state index in [1.165, 1.54) is 77.0 Å². The van der Waals surface area contributed by atoms with Crippen molar-refractivity contribution in [1.29, 1.82) is 0 Å². The molecule has 0 unspecified atom stereocenters. The molecule has 0 amide bonds. The SMILES string of the molecule is CCCCCCCCCCCCCCCC(=O)OCCCBr. The molecule has 0 rings (SSSR count). The molecule has 132 valence electrons. The van der Waals surface area contributed by atoms with E-state index in [1.54, 1.807) is 0 Å². The van der Waals surface area contributed by atoms with E-state index in [-0.39, 0.29) is 5.97 Å². The fourth-order valence-corrected chi connectivity index (χ4v) is 2.83. The zero-order valence-electron chi connectivity index (χ0n) is 14.7. The zero-order valence-corrected chi connectivity index (χ0v) is 16.3. The smallest absolute Gasteiger partial charge is 0.305 e. The maximum Gasteiger partial charge on any atom is 0.305 e. The zero-order chi connectivity index (χ0) is 16.3. The Kier molecular flexibility index (Phi) is 19.0. The molecule has 0 aliphatic rings. The molecule has 0 bridgehead atoms. The first kappa shape index (κ1) is 21.9. The van der Waals surface area contributed by atoms with Gasteiger partial charge in [0.05, 0.1) is 6.61 Å². The number of halogens is 1. The molecule has 0 saturated carbocycles. The molecule has 0 aromatic carbocycles. The first-order valence-corrected chi connectivity index (χ1v) is 10.6. The van der Waals surface area contributed by atoms with E-state index in [4.69, 9.17) is 4.74 Å². The van der Waals surface area contributed by atoms with Crippen LogP contribution in [0.15, 0.2) is 0 Å². The number of unbranched alkanes of at least 4 members (excludes halogenated alkanes) is 12. The third kappa shape index (κ3) is 18.0. The first-order valence-electron chi connectivity index (χ1n) is 9.52. The van der Waals surface area contributed by atoms with E-state index in [1.807, 2.05) is 0 Å². The van der Waals surface area contributed by atoms with Gasteiger partial charge >= 0.3 is 5.97 Å². The predicted octanol–water partition coefficient (Wildman–Crippen LogP) is 6.80. The van der Waals surface area contributed by atoms with Crippen LogP contribution >= 0.6 is 15.9 Å². The molecule has 0 aromatic rings. The summed E-state index contributed by atoms with van der Waals surface area (Å²) in [4.78, 5) is 11.4. The molecule has 0 heterocycles. The van der Waals surface area contributed by atoms with Gasteiger partial charge in [0.25, 0.3) is 0 Å². The molecule has 0 radical (unpaired) electrons. The molecule has 0 N–H and O–H groups in total. The van der Waals surface area contributed by atoms with Gasteiger partial charge in [-0.05, 0) is 12.8 Å². The van der Waals surface area contributed by atoms with Crippen molar-refractivity contribution >= 4 is 21.9 Å². The van der Waals surface area contributed by atoms with Crippen LogP contribution < -0.4 is 0 Å². The summed E-state index contributed by atoms with van der Waals surface area (Å²) in [6.07, 6.45) is 18.9. The number of hydrogen-bond acceptors (Lipinski definition) is 2. The minimum Gasteiger partial charge on any atom is -0.466 e. The summed E-state index contributed by atoms with van der Waals surface area (Å²) in [6.45, 7) is 2.83. The van der Waals surface area contributed by atoms with E-state index >= 15 is 0 Å². The van der Waals surface area contributed by atoms with Crippen molar-refractivity contribution in [3.8, 4) is 0 Å². The Balaban J connectivity index is 3.06. The number of ether oxygens (including phenoxy) is 1. The number of hydrogen-bond donors (Lipinski definition) is 0. The fraction of sp³-hybridized carbons (Fsp3) is 0.947. The molecule has 2 nitrogen and oxygen atoms in total. The Morgan fingerprint density at radius 1 is 0.727 bits per heavy atom. The second-order valence-electron chi connectivity index (χ2n) is 6.26. The van der Waals surface area contributed by atoms with Gasteiger partial charge in [0.2, 0.25) is 0 Å². The van der Waals surface area contributed by atoms with E-state index in [0.717, 1.165) is 18.2 Å².